The molecule has 0 unspecified atom stereocenters. The van der Waals surface area contributed by atoms with E-state index in [1.165, 1.54) is 6.20 Å². The predicted octanol–water partition coefficient (Wildman–Crippen LogP) is 3.25. The Bertz CT molecular complexity index is 672. The molecule has 4 nitrogen and oxygen atoms in total. The average molecular weight is 253 g/mol. The molecule has 0 atom stereocenters. The highest BCUT2D eigenvalue weighted by molar-refractivity contribution is 5.61. The molecule has 19 heavy (non-hydrogen) atoms. The van der Waals surface area contributed by atoms with E-state index in [9.17, 15) is 0 Å². The molecule has 1 aromatic carbocycles. The van der Waals surface area contributed by atoms with Gasteiger partial charge in [-0.2, -0.15) is 5.26 Å². The van der Waals surface area contributed by atoms with Crippen LogP contribution in [0.4, 0.5) is 5.69 Å². The van der Waals surface area contributed by atoms with Crippen molar-refractivity contribution in [3.8, 4) is 17.7 Å². The van der Waals surface area contributed by atoms with Crippen LogP contribution >= 0.6 is 0 Å². The lowest BCUT2D eigenvalue weighted by Crippen LogP contribution is -1.99. The molecule has 0 saturated carbocycles. The van der Waals surface area contributed by atoms with E-state index in [1.54, 1.807) is 6.07 Å². The zero-order chi connectivity index (χ0) is 14.0. The SMILES string of the molecule is Cc1cc(C)c(C)c(Oc2nccc(C#N)c2N)c1. The third-order valence-electron chi connectivity index (χ3n) is 3.04. The van der Waals surface area contributed by atoms with Gasteiger partial charge >= 0.3 is 0 Å². The number of hydrogen-bond donors (Lipinski definition) is 1. The molecule has 0 radical (unpaired) electrons. The Hall–Kier alpha value is -2.54. The number of nitriles is 1. The van der Waals surface area contributed by atoms with Gasteiger partial charge in [-0.3, -0.25) is 0 Å². The van der Waals surface area contributed by atoms with Crippen LogP contribution in [0, 0.1) is 32.1 Å². The number of nitrogens with zero attached hydrogens (tertiary/aromatic N) is 2. The Morgan fingerprint density at radius 1 is 1.26 bits per heavy atom. The minimum absolute atomic E-state index is 0.267. The number of benzene rings is 1. The van der Waals surface area contributed by atoms with Crippen LogP contribution in [0.1, 0.15) is 22.3 Å². The van der Waals surface area contributed by atoms with Gasteiger partial charge < -0.3 is 10.5 Å². The molecule has 0 aliphatic rings. The van der Waals surface area contributed by atoms with E-state index in [0.29, 0.717) is 11.3 Å². The van der Waals surface area contributed by atoms with Crippen LogP contribution in [0.5, 0.6) is 11.6 Å². The summed E-state index contributed by atoms with van der Waals surface area (Å²) >= 11 is 0. The number of nitrogens with two attached hydrogens (primary N) is 1. The molecule has 0 fully saturated rings. The summed E-state index contributed by atoms with van der Waals surface area (Å²) < 4.78 is 5.76. The van der Waals surface area contributed by atoms with Gasteiger partial charge in [0.2, 0.25) is 5.88 Å². The van der Waals surface area contributed by atoms with Crippen LogP contribution in [-0.4, -0.2) is 4.98 Å². The summed E-state index contributed by atoms with van der Waals surface area (Å²) in [5.74, 6) is 0.985. The molecule has 0 bridgehead atoms. The van der Waals surface area contributed by atoms with Gasteiger partial charge in [0.1, 0.15) is 17.5 Å². The smallest absolute Gasteiger partial charge is 0.244 e. The number of hydrogen-bond acceptors (Lipinski definition) is 4. The third-order valence-corrected chi connectivity index (χ3v) is 3.04. The maximum Gasteiger partial charge on any atom is 0.244 e. The van der Waals surface area contributed by atoms with Gasteiger partial charge in [0.05, 0.1) is 5.56 Å². The second-order valence-corrected chi connectivity index (χ2v) is 4.50. The molecular weight excluding hydrogens is 238 g/mol. The minimum Gasteiger partial charge on any atom is -0.437 e. The van der Waals surface area contributed by atoms with Crippen LogP contribution < -0.4 is 10.5 Å². The third kappa shape index (κ3) is 2.50. The molecule has 0 amide bonds. The molecule has 96 valence electrons. The highest BCUT2D eigenvalue weighted by Gasteiger charge is 2.11. The molecule has 2 aromatic rings. The molecule has 2 N–H and O–H groups in total. The fourth-order valence-electron chi connectivity index (χ4n) is 1.84. The van der Waals surface area contributed by atoms with Crippen LogP contribution in [0.2, 0.25) is 0 Å². The molecule has 1 aromatic heterocycles. The molecule has 4 heteroatoms. The summed E-state index contributed by atoms with van der Waals surface area (Å²) in [4.78, 5) is 4.08. The normalized spacial score (nSPS) is 10.0. The Morgan fingerprint density at radius 2 is 2.00 bits per heavy atom. The van der Waals surface area contributed by atoms with Crippen molar-refractivity contribution < 1.29 is 4.74 Å². The largest absolute Gasteiger partial charge is 0.437 e. The van der Waals surface area contributed by atoms with Crippen molar-refractivity contribution >= 4 is 5.69 Å². The molecule has 0 saturated heterocycles. The van der Waals surface area contributed by atoms with E-state index >= 15 is 0 Å². The fourth-order valence-corrected chi connectivity index (χ4v) is 1.84. The number of pyridine rings is 1. The Labute approximate surface area is 112 Å². The minimum atomic E-state index is 0.267. The van der Waals surface area contributed by atoms with Gasteiger partial charge in [0.25, 0.3) is 0 Å². The van der Waals surface area contributed by atoms with Crippen LogP contribution in [0.15, 0.2) is 24.4 Å². The summed E-state index contributed by atoms with van der Waals surface area (Å²) in [7, 11) is 0. The first-order valence-electron chi connectivity index (χ1n) is 5.93. The fraction of sp³-hybridized carbons (Fsp3) is 0.200. The summed E-state index contributed by atoms with van der Waals surface area (Å²) in [6.45, 7) is 6.01. The average Bonchev–Trinajstić information content (AvgIpc) is 2.37. The van der Waals surface area contributed by atoms with Gasteiger partial charge in [-0.05, 0) is 49.6 Å². The van der Waals surface area contributed by atoms with Crippen LogP contribution in [0.25, 0.3) is 0 Å². The maximum atomic E-state index is 8.94. The first-order valence-corrected chi connectivity index (χ1v) is 5.93. The van der Waals surface area contributed by atoms with E-state index in [0.717, 1.165) is 16.7 Å². The molecule has 0 spiro atoms. The summed E-state index contributed by atoms with van der Waals surface area (Å²) in [5, 5.41) is 8.94. The quantitative estimate of drug-likeness (QED) is 0.891. The summed E-state index contributed by atoms with van der Waals surface area (Å²) in [5.41, 5.74) is 9.78. The lowest BCUT2D eigenvalue weighted by atomic mass is 10.1. The highest BCUT2D eigenvalue weighted by atomic mass is 16.5. The predicted molar refractivity (Wildman–Crippen MR) is 74.1 cm³/mol. The second-order valence-electron chi connectivity index (χ2n) is 4.50. The van der Waals surface area contributed by atoms with E-state index in [1.807, 2.05) is 32.9 Å². The first kappa shape index (κ1) is 12.9. The molecule has 0 aliphatic heterocycles. The van der Waals surface area contributed by atoms with Crippen molar-refractivity contribution in [2.24, 2.45) is 0 Å². The number of anilines is 1. The standard InChI is InChI=1S/C15H15N3O/c1-9-6-10(2)11(3)13(7-9)19-15-14(17)12(8-16)4-5-18-15/h4-7H,17H2,1-3H3. The lowest BCUT2D eigenvalue weighted by molar-refractivity contribution is 0.461. The van der Waals surface area contributed by atoms with Gasteiger partial charge in [0.15, 0.2) is 0 Å². The Balaban J connectivity index is 2.45. The molecular formula is C15H15N3O. The summed E-state index contributed by atoms with van der Waals surface area (Å²) in [6, 6.07) is 7.60. The number of aryl methyl sites for hydroxylation is 2. The second kappa shape index (κ2) is 4.99. The van der Waals surface area contributed by atoms with Gasteiger partial charge in [0, 0.05) is 6.20 Å². The van der Waals surface area contributed by atoms with E-state index in [4.69, 9.17) is 15.7 Å². The number of nitrogen functional groups attached to an aromatic ring is 1. The highest BCUT2D eigenvalue weighted by Crippen LogP contribution is 2.31. The number of rotatable bonds is 2. The van der Waals surface area contributed by atoms with Crippen molar-refractivity contribution in [2.45, 2.75) is 20.8 Å². The van der Waals surface area contributed by atoms with Crippen LogP contribution in [-0.2, 0) is 0 Å². The van der Waals surface area contributed by atoms with E-state index in [-0.39, 0.29) is 11.6 Å². The van der Waals surface area contributed by atoms with Crippen LogP contribution in [0.3, 0.4) is 0 Å². The first-order chi connectivity index (χ1) is 9.02. The Kier molecular flexibility index (Phi) is 3.39. The number of ether oxygens (including phenoxy) is 1. The number of aromatic nitrogens is 1. The van der Waals surface area contributed by atoms with Crippen molar-refractivity contribution in [3.05, 3.63) is 46.6 Å². The zero-order valence-electron chi connectivity index (χ0n) is 11.2. The molecule has 2 rings (SSSR count). The van der Waals surface area contributed by atoms with Gasteiger partial charge in [-0.1, -0.05) is 6.07 Å². The van der Waals surface area contributed by atoms with Gasteiger partial charge in [-0.25, -0.2) is 4.98 Å². The summed E-state index contributed by atoms with van der Waals surface area (Å²) in [6.07, 6.45) is 1.52. The maximum absolute atomic E-state index is 8.94. The van der Waals surface area contributed by atoms with E-state index < -0.39 is 0 Å². The molecule has 1 heterocycles. The van der Waals surface area contributed by atoms with Crippen molar-refractivity contribution in [1.82, 2.24) is 4.98 Å². The van der Waals surface area contributed by atoms with Crippen molar-refractivity contribution in [1.29, 1.82) is 5.26 Å². The Morgan fingerprint density at radius 3 is 2.68 bits per heavy atom. The molecule has 0 aliphatic carbocycles. The van der Waals surface area contributed by atoms with E-state index in [2.05, 4.69) is 11.1 Å². The topological polar surface area (TPSA) is 71.9 Å². The van der Waals surface area contributed by atoms with Crippen molar-refractivity contribution in [3.63, 3.8) is 0 Å². The van der Waals surface area contributed by atoms with Crippen molar-refractivity contribution in [2.75, 3.05) is 5.73 Å². The zero-order valence-corrected chi connectivity index (χ0v) is 11.2. The van der Waals surface area contributed by atoms with Gasteiger partial charge in [-0.15, -0.1) is 0 Å². The lowest BCUT2D eigenvalue weighted by Gasteiger charge is -2.12. The monoisotopic (exact) mass is 253 g/mol.